The van der Waals surface area contributed by atoms with Crippen LogP contribution in [0.25, 0.3) is 6.08 Å². The first-order chi connectivity index (χ1) is 15.3. The predicted octanol–water partition coefficient (Wildman–Crippen LogP) is 2.78. The summed E-state index contributed by atoms with van der Waals surface area (Å²) in [5, 5.41) is 2.56. The third kappa shape index (κ3) is 5.12. The first-order valence-corrected chi connectivity index (χ1v) is 10.2. The van der Waals surface area contributed by atoms with E-state index in [1.165, 1.54) is 18.1 Å². The highest BCUT2D eigenvalue weighted by molar-refractivity contribution is 7.80. The van der Waals surface area contributed by atoms with Gasteiger partial charge in [-0.15, -0.1) is 0 Å². The fourth-order valence-electron chi connectivity index (χ4n) is 2.98. The van der Waals surface area contributed by atoms with Crippen molar-refractivity contribution in [3.63, 3.8) is 0 Å². The fraction of sp³-hybridized carbons (Fsp3) is 0.217. The second-order valence-corrected chi connectivity index (χ2v) is 7.18. The highest BCUT2D eigenvalue weighted by atomic mass is 32.1. The van der Waals surface area contributed by atoms with Crippen LogP contribution in [0.2, 0.25) is 0 Å². The molecule has 0 bridgehead atoms. The van der Waals surface area contributed by atoms with Crippen molar-refractivity contribution in [2.75, 3.05) is 25.2 Å². The molecule has 0 atom stereocenters. The first-order valence-electron chi connectivity index (χ1n) is 9.78. The van der Waals surface area contributed by atoms with Crippen LogP contribution in [0.1, 0.15) is 18.1 Å². The summed E-state index contributed by atoms with van der Waals surface area (Å²) in [6.07, 6.45) is 1.44. The van der Waals surface area contributed by atoms with Crippen LogP contribution in [0.3, 0.4) is 0 Å². The van der Waals surface area contributed by atoms with Crippen LogP contribution in [-0.4, -0.2) is 43.2 Å². The quantitative estimate of drug-likeness (QED) is 0.298. The van der Waals surface area contributed by atoms with Crippen molar-refractivity contribution in [3.8, 4) is 11.5 Å². The lowest BCUT2D eigenvalue weighted by molar-refractivity contribution is -0.145. The summed E-state index contributed by atoms with van der Waals surface area (Å²) >= 11 is 5.21. The molecule has 1 heterocycles. The number of hydrogen-bond donors (Lipinski definition) is 1. The topological polar surface area (TPSA) is 94.2 Å². The number of benzene rings is 2. The van der Waals surface area contributed by atoms with Crippen molar-refractivity contribution >= 4 is 46.9 Å². The van der Waals surface area contributed by atoms with Gasteiger partial charge in [-0.05, 0) is 62.0 Å². The maximum atomic E-state index is 13.1. The number of hydrogen-bond acceptors (Lipinski definition) is 7. The van der Waals surface area contributed by atoms with Crippen LogP contribution in [0.5, 0.6) is 11.5 Å². The van der Waals surface area contributed by atoms with Crippen molar-refractivity contribution in [3.05, 3.63) is 59.2 Å². The molecule has 8 nitrogen and oxygen atoms in total. The lowest BCUT2D eigenvalue weighted by Gasteiger charge is -2.29. The predicted molar refractivity (Wildman–Crippen MR) is 123 cm³/mol. The molecule has 0 aliphatic carbocycles. The van der Waals surface area contributed by atoms with Gasteiger partial charge in [0.25, 0.3) is 11.8 Å². The lowest BCUT2D eigenvalue weighted by atomic mass is 10.1. The van der Waals surface area contributed by atoms with Crippen molar-refractivity contribution in [2.24, 2.45) is 0 Å². The molecule has 2 aromatic carbocycles. The van der Waals surface area contributed by atoms with E-state index in [1.807, 2.05) is 19.1 Å². The maximum Gasteiger partial charge on any atom is 0.344 e. The fourth-order valence-corrected chi connectivity index (χ4v) is 3.27. The Kier molecular flexibility index (Phi) is 7.21. The summed E-state index contributed by atoms with van der Waals surface area (Å²) < 4.78 is 15.6. The largest absolute Gasteiger partial charge is 0.493 e. The molecule has 0 saturated carbocycles. The van der Waals surface area contributed by atoms with Crippen molar-refractivity contribution in [1.82, 2.24) is 5.32 Å². The van der Waals surface area contributed by atoms with Gasteiger partial charge in [-0.1, -0.05) is 23.8 Å². The Hall–Kier alpha value is -3.72. The van der Waals surface area contributed by atoms with Crippen LogP contribution in [0.4, 0.5) is 5.69 Å². The number of methoxy groups -OCH3 is 1. The monoisotopic (exact) mass is 454 g/mol. The number of amides is 2. The van der Waals surface area contributed by atoms with E-state index in [0.717, 1.165) is 5.56 Å². The molecule has 9 heteroatoms. The normalized spacial score (nSPS) is 14.9. The minimum atomic E-state index is -0.593. The number of aryl methyl sites for hydroxylation is 1. The third-order valence-corrected chi connectivity index (χ3v) is 4.83. The average Bonchev–Trinajstić information content (AvgIpc) is 2.77. The Balaban J connectivity index is 1.87. The van der Waals surface area contributed by atoms with Crippen LogP contribution in [0, 0.1) is 6.92 Å². The summed E-state index contributed by atoms with van der Waals surface area (Å²) in [5.41, 5.74) is 2.03. The number of nitrogens with zero attached hydrogens (tertiary/aromatic N) is 1. The number of ether oxygens (including phenoxy) is 3. The van der Waals surface area contributed by atoms with Gasteiger partial charge in [-0.2, -0.15) is 0 Å². The highest BCUT2D eigenvalue weighted by Crippen LogP contribution is 2.30. The second kappa shape index (κ2) is 10.1. The summed E-state index contributed by atoms with van der Waals surface area (Å²) in [4.78, 5) is 38.4. The molecule has 1 N–H and O–H groups in total. The zero-order valence-corrected chi connectivity index (χ0v) is 18.7. The minimum Gasteiger partial charge on any atom is -0.493 e. The maximum absolute atomic E-state index is 13.1. The Labute approximate surface area is 190 Å². The number of anilines is 1. The summed E-state index contributed by atoms with van der Waals surface area (Å²) in [6, 6.07) is 12.0. The molecule has 0 unspecified atom stereocenters. The Morgan fingerprint density at radius 3 is 2.50 bits per heavy atom. The van der Waals surface area contributed by atoms with Gasteiger partial charge in [0.2, 0.25) is 0 Å². The van der Waals surface area contributed by atoms with Gasteiger partial charge in [0.15, 0.2) is 23.2 Å². The zero-order chi connectivity index (χ0) is 23.3. The van der Waals surface area contributed by atoms with Crippen molar-refractivity contribution < 1.29 is 28.6 Å². The molecule has 0 spiro atoms. The molecule has 2 amide bonds. The summed E-state index contributed by atoms with van der Waals surface area (Å²) in [6.45, 7) is 3.62. The van der Waals surface area contributed by atoms with Crippen LogP contribution in [0.15, 0.2) is 48.0 Å². The van der Waals surface area contributed by atoms with E-state index >= 15 is 0 Å². The molecule has 1 aliphatic rings. The molecule has 1 saturated heterocycles. The van der Waals surface area contributed by atoms with Crippen LogP contribution < -0.4 is 19.7 Å². The van der Waals surface area contributed by atoms with Crippen molar-refractivity contribution in [1.29, 1.82) is 0 Å². The van der Waals surface area contributed by atoms with Crippen LogP contribution in [-0.2, 0) is 19.1 Å². The molecular weight excluding hydrogens is 432 g/mol. The summed E-state index contributed by atoms with van der Waals surface area (Å²) in [5.74, 6) is -0.977. The Morgan fingerprint density at radius 2 is 1.84 bits per heavy atom. The standard InChI is InChI=1S/C23H22N2O6S/c1-4-30-20(26)13-31-18-10-7-15(12-19(18)29-3)11-17-21(27)24-23(32)25(22(17)28)16-8-5-14(2)6-9-16/h5-12H,4,13H2,1-3H3,(H,24,27,32)/b17-11+. The van der Waals surface area contributed by atoms with Gasteiger partial charge in [0, 0.05) is 0 Å². The molecule has 166 valence electrons. The van der Waals surface area contributed by atoms with Crippen molar-refractivity contribution in [2.45, 2.75) is 13.8 Å². The van der Waals surface area contributed by atoms with E-state index < -0.39 is 17.8 Å². The number of esters is 1. The van der Waals surface area contributed by atoms with E-state index in [4.69, 9.17) is 26.4 Å². The molecule has 0 aromatic heterocycles. The Bertz CT molecular complexity index is 1090. The average molecular weight is 455 g/mol. The number of rotatable bonds is 7. The Morgan fingerprint density at radius 1 is 1.12 bits per heavy atom. The summed E-state index contributed by atoms with van der Waals surface area (Å²) in [7, 11) is 1.44. The second-order valence-electron chi connectivity index (χ2n) is 6.80. The first kappa shape index (κ1) is 23.0. The minimum absolute atomic E-state index is 0.0151. The number of carbonyl (C=O) groups excluding carboxylic acids is 3. The van der Waals surface area contributed by atoms with E-state index in [9.17, 15) is 14.4 Å². The number of carbonyl (C=O) groups is 3. The molecular formula is C23H22N2O6S. The van der Waals surface area contributed by atoms with Gasteiger partial charge in [0.1, 0.15) is 5.57 Å². The van der Waals surface area contributed by atoms with Gasteiger partial charge in [-0.3, -0.25) is 19.8 Å². The van der Waals surface area contributed by atoms with E-state index in [1.54, 1.807) is 37.3 Å². The third-order valence-electron chi connectivity index (χ3n) is 4.54. The molecule has 1 fully saturated rings. The zero-order valence-electron chi connectivity index (χ0n) is 17.8. The van der Waals surface area contributed by atoms with E-state index in [2.05, 4.69) is 5.32 Å². The highest BCUT2D eigenvalue weighted by Gasteiger charge is 2.34. The SMILES string of the molecule is CCOC(=O)COc1ccc(/C=C2\C(=O)NC(=S)N(c3ccc(C)cc3)C2=O)cc1OC. The molecule has 32 heavy (non-hydrogen) atoms. The number of thiocarbonyl (C=S) groups is 1. The van der Waals surface area contributed by atoms with Crippen LogP contribution >= 0.6 is 12.2 Å². The van der Waals surface area contributed by atoms with Gasteiger partial charge in [0.05, 0.1) is 19.4 Å². The lowest BCUT2D eigenvalue weighted by Crippen LogP contribution is -2.54. The van der Waals surface area contributed by atoms with Gasteiger partial charge < -0.3 is 14.2 Å². The smallest absolute Gasteiger partial charge is 0.344 e. The molecule has 2 aromatic rings. The van der Waals surface area contributed by atoms with E-state index in [-0.39, 0.29) is 23.9 Å². The molecule has 1 aliphatic heterocycles. The molecule has 3 rings (SSSR count). The van der Waals surface area contributed by atoms with Gasteiger partial charge >= 0.3 is 5.97 Å². The van der Waals surface area contributed by atoms with Gasteiger partial charge in [-0.25, -0.2) is 4.79 Å². The number of nitrogens with one attached hydrogen (secondary N) is 1. The van der Waals surface area contributed by atoms with E-state index in [0.29, 0.717) is 22.7 Å². The molecule has 0 radical (unpaired) electrons.